The lowest BCUT2D eigenvalue weighted by atomic mass is 10.1. The molecule has 0 atom stereocenters. The van der Waals surface area contributed by atoms with Crippen molar-refractivity contribution in [2.24, 2.45) is 0 Å². The first-order valence-electron chi connectivity index (χ1n) is 9.56. The molecule has 31 heavy (non-hydrogen) atoms. The van der Waals surface area contributed by atoms with E-state index in [1.54, 1.807) is 12.1 Å². The Labute approximate surface area is 186 Å². The maximum absolute atomic E-state index is 13.1. The monoisotopic (exact) mass is 454 g/mol. The molecule has 2 heterocycles. The molecule has 1 amide bonds. The fourth-order valence-corrected chi connectivity index (χ4v) is 4.43. The van der Waals surface area contributed by atoms with E-state index in [4.69, 9.17) is 0 Å². The van der Waals surface area contributed by atoms with E-state index in [2.05, 4.69) is 25.7 Å². The first-order chi connectivity index (χ1) is 15.0. The van der Waals surface area contributed by atoms with Crippen LogP contribution in [0, 0.1) is 12.7 Å². The Morgan fingerprint density at radius 3 is 2.45 bits per heavy atom. The molecule has 0 aliphatic carbocycles. The van der Waals surface area contributed by atoms with E-state index >= 15 is 0 Å². The van der Waals surface area contributed by atoms with Crippen LogP contribution in [-0.2, 0) is 11.3 Å². The van der Waals surface area contributed by atoms with Gasteiger partial charge in [0.2, 0.25) is 11.0 Å². The van der Waals surface area contributed by atoms with Crippen molar-refractivity contribution in [1.82, 2.24) is 25.0 Å². The summed E-state index contributed by atoms with van der Waals surface area (Å²) in [6.45, 7) is 4.75. The molecule has 0 aliphatic rings. The molecule has 10 heteroatoms. The highest BCUT2D eigenvalue weighted by atomic mass is 32.2. The highest BCUT2D eigenvalue weighted by Crippen LogP contribution is 2.27. The second kappa shape index (κ2) is 9.36. The first-order valence-corrected chi connectivity index (χ1v) is 11.4. The van der Waals surface area contributed by atoms with Crippen LogP contribution in [0.5, 0.6) is 0 Å². The lowest BCUT2D eigenvalue weighted by molar-refractivity contribution is -0.113. The predicted octanol–water partition coefficient (Wildman–Crippen LogP) is 4.66. The average Bonchev–Trinajstić information content (AvgIpc) is 3.40. The van der Waals surface area contributed by atoms with Crippen molar-refractivity contribution in [3.05, 3.63) is 59.9 Å². The van der Waals surface area contributed by atoms with Crippen molar-refractivity contribution in [2.45, 2.75) is 25.5 Å². The number of hydrogen-bond donors (Lipinski definition) is 1. The van der Waals surface area contributed by atoms with Crippen molar-refractivity contribution >= 4 is 34.1 Å². The first kappa shape index (κ1) is 21.1. The SMILES string of the molecule is CCn1c(SCC(=O)Nc2nnc(-c3ccc(F)cc3)s2)nnc1-c1ccc(C)cc1. The zero-order valence-corrected chi connectivity index (χ0v) is 18.5. The maximum Gasteiger partial charge on any atom is 0.236 e. The smallest absolute Gasteiger partial charge is 0.236 e. The van der Waals surface area contributed by atoms with Gasteiger partial charge in [-0.1, -0.05) is 52.9 Å². The fraction of sp³-hybridized carbons (Fsp3) is 0.190. The Kier molecular flexibility index (Phi) is 6.38. The molecule has 1 N–H and O–H groups in total. The molecule has 158 valence electrons. The van der Waals surface area contributed by atoms with Gasteiger partial charge in [-0.3, -0.25) is 10.1 Å². The fourth-order valence-electron chi connectivity index (χ4n) is 2.87. The second-order valence-electron chi connectivity index (χ2n) is 6.67. The van der Waals surface area contributed by atoms with Gasteiger partial charge in [0.1, 0.15) is 10.8 Å². The van der Waals surface area contributed by atoms with E-state index in [0.717, 1.165) is 17.0 Å². The molecule has 4 rings (SSSR count). The van der Waals surface area contributed by atoms with Gasteiger partial charge < -0.3 is 4.57 Å². The number of aromatic nitrogens is 5. The van der Waals surface area contributed by atoms with Crippen LogP contribution < -0.4 is 5.32 Å². The van der Waals surface area contributed by atoms with Gasteiger partial charge in [0.05, 0.1) is 5.75 Å². The summed E-state index contributed by atoms with van der Waals surface area (Å²) < 4.78 is 15.1. The highest BCUT2D eigenvalue weighted by molar-refractivity contribution is 7.99. The highest BCUT2D eigenvalue weighted by Gasteiger charge is 2.16. The normalized spacial score (nSPS) is 10.9. The molecule has 2 aromatic carbocycles. The number of nitrogens with zero attached hydrogens (tertiary/aromatic N) is 5. The zero-order chi connectivity index (χ0) is 21.8. The van der Waals surface area contributed by atoms with Crippen molar-refractivity contribution in [3.8, 4) is 22.0 Å². The van der Waals surface area contributed by atoms with Crippen LogP contribution in [0.3, 0.4) is 0 Å². The number of benzene rings is 2. The van der Waals surface area contributed by atoms with Crippen LogP contribution in [-0.4, -0.2) is 36.6 Å². The van der Waals surface area contributed by atoms with Crippen molar-refractivity contribution in [3.63, 3.8) is 0 Å². The lowest BCUT2D eigenvalue weighted by Gasteiger charge is -2.07. The van der Waals surface area contributed by atoms with Crippen LogP contribution in [0.1, 0.15) is 12.5 Å². The number of carbonyl (C=O) groups is 1. The number of nitrogens with one attached hydrogen (secondary N) is 1. The summed E-state index contributed by atoms with van der Waals surface area (Å²) in [6.07, 6.45) is 0. The van der Waals surface area contributed by atoms with Gasteiger partial charge >= 0.3 is 0 Å². The van der Waals surface area contributed by atoms with E-state index in [1.165, 1.54) is 40.8 Å². The van der Waals surface area contributed by atoms with Gasteiger partial charge in [0.25, 0.3) is 0 Å². The number of rotatable bonds is 7. The van der Waals surface area contributed by atoms with Gasteiger partial charge in [0.15, 0.2) is 11.0 Å². The Bertz CT molecular complexity index is 1190. The molecule has 0 unspecified atom stereocenters. The van der Waals surface area contributed by atoms with Gasteiger partial charge in [0, 0.05) is 17.7 Å². The Morgan fingerprint density at radius 1 is 1.03 bits per heavy atom. The lowest BCUT2D eigenvalue weighted by Crippen LogP contribution is -2.14. The van der Waals surface area contributed by atoms with Crippen molar-refractivity contribution in [1.29, 1.82) is 0 Å². The molecular weight excluding hydrogens is 435 g/mol. The summed E-state index contributed by atoms with van der Waals surface area (Å²) in [5.41, 5.74) is 2.91. The van der Waals surface area contributed by atoms with Crippen molar-refractivity contribution in [2.75, 3.05) is 11.1 Å². The predicted molar refractivity (Wildman–Crippen MR) is 121 cm³/mol. The largest absolute Gasteiger partial charge is 0.302 e. The van der Waals surface area contributed by atoms with E-state index in [0.29, 0.717) is 21.8 Å². The van der Waals surface area contributed by atoms with Crippen LogP contribution in [0.4, 0.5) is 9.52 Å². The molecular formula is C21H19FN6OS2. The number of carbonyl (C=O) groups excluding carboxylic acids is 1. The molecule has 0 fully saturated rings. The number of amides is 1. The molecule has 4 aromatic rings. The molecule has 7 nitrogen and oxygen atoms in total. The number of hydrogen-bond acceptors (Lipinski definition) is 7. The quantitative estimate of drug-likeness (QED) is 0.409. The van der Waals surface area contributed by atoms with E-state index in [-0.39, 0.29) is 17.5 Å². The molecule has 0 bridgehead atoms. The second-order valence-corrected chi connectivity index (χ2v) is 8.59. The summed E-state index contributed by atoms with van der Waals surface area (Å²) in [6, 6.07) is 14.1. The third-order valence-corrected chi connectivity index (χ3v) is 6.29. The van der Waals surface area contributed by atoms with Crippen LogP contribution >= 0.6 is 23.1 Å². The molecule has 2 aromatic heterocycles. The number of aryl methyl sites for hydroxylation is 1. The standard InChI is InChI=1S/C21H19FN6OS2/c1-3-28-18(14-6-4-13(2)5-7-14)24-27-21(28)30-12-17(29)23-20-26-25-19(31-20)15-8-10-16(22)11-9-15/h4-11H,3,12H2,1-2H3,(H,23,26,29). The van der Waals surface area contributed by atoms with Crippen LogP contribution in [0.15, 0.2) is 53.7 Å². The Morgan fingerprint density at radius 2 is 1.74 bits per heavy atom. The maximum atomic E-state index is 13.1. The molecule has 0 aliphatic heterocycles. The third kappa shape index (κ3) is 4.97. The minimum absolute atomic E-state index is 0.164. The van der Waals surface area contributed by atoms with Crippen LogP contribution in [0.25, 0.3) is 22.0 Å². The van der Waals surface area contributed by atoms with Gasteiger partial charge in [-0.25, -0.2) is 4.39 Å². The summed E-state index contributed by atoms with van der Waals surface area (Å²) in [5, 5.41) is 21.0. The number of anilines is 1. The summed E-state index contributed by atoms with van der Waals surface area (Å²) in [7, 11) is 0. The third-order valence-electron chi connectivity index (χ3n) is 4.44. The molecule has 0 spiro atoms. The zero-order valence-electron chi connectivity index (χ0n) is 16.9. The topological polar surface area (TPSA) is 85.6 Å². The summed E-state index contributed by atoms with van der Waals surface area (Å²) in [5.74, 6) is 0.411. The number of thioether (sulfide) groups is 1. The average molecular weight is 455 g/mol. The Balaban J connectivity index is 1.39. The van der Waals surface area contributed by atoms with Gasteiger partial charge in [-0.2, -0.15) is 0 Å². The van der Waals surface area contributed by atoms with E-state index in [1.807, 2.05) is 42.7 Å². The molecule has 0 saturated heterocycles. The molecule has 0 saturated carbocycles. The summed E-state index contributed by atoms with van der Waals surface area (Å²) in [4.78, 5) is 12.4. The van der Waals surface area contributed by atoms with E-state index in [9.17, 15) is 9.18 Å². The molecule has 0 radical (unpaired) electrons. The minimum Gasteiger partial charge on any atom is -0.302 e. The van der Waals surface area contributed by atoms with Gasteiger partial charge in [-0.15, -0.1) is 20.4 Å². The van der Waals surface area contributed by atoms with E-state index < -0.39 is 0 Å². The van der Waals surface area contributed by atoms with Crippen LogP contribution in [0.2, 0.25) is 0 Å². The van der Waals surface area contributed by atoms with Gasteiger partial charge in [-0.05, 0) is 38.1 Å². The summed E-state index contributed by atoms with van der Waals surface area (Å²) >= 11 is 2.55. The Hall–Kier alpha value is -3.11. The number of halogens is 1. The van der Waals surface area contributed by atoms with Crippen molar-refractivity contribution < 1.29 is 9.18 Å². The minimum atomic E-state index is -0.315.